The Bertz CT molecular complexity index is 754. The number of hydrogen-bond donors (Lipinski definition) is 1. The molecule has 0 aliphatic carbocycles. The number of rotatable bonds is 5. The van der Waals surface area contributed by atoms with Crippen molar-refractivity contribution in [1.82, 2.24) is 14.9 Å². The molecular weight excluding hydrogens is 330 g/mol. The van der Waals surface area contributed by atoms with Gasteiger partial charge in [0, 0.05) is 24.8 Å². The van der Waals surface area contributed by atoms with Gasteiger partial charge in [0.1, 0.15) is 0 Å². The average molecular weight is 355 g/mol. The van der Waals surface area contributed by atoms with Crippen molar-refractivity contribution >= 4 is 0 Å². The normalized spacial score (nSPS) is 28.1. The maximum atomic E-state index is 11.5. The molecule has 138 valence electrons. The molecule has 0 radical (unpaired) electrons. The lowest BCUT2D eigenvalue weighted by Gasteiger charge is -2.44. The first-order chi connectivity index (χ1) is 12.6. The van der Waals surface area contributed by atoms with E-state index in [1.54, 1.807) is 13.3 Å². The van der Waals surface area contributed by atoms with Crippen LogP contribution in [-0.4, -0.2) is 46.3 Å². The van der Waals surface area contributed by atoms with Gasteiger partial charge in [0.25, 0.3) is 0 Å². The lowest BCUT2D eigenvalue weighted by molar-refractivity contribution is -0.0612. The summed E-state index contributed by atoms with van der Waals surface area (Å²) in [5.74, 6) is 0.398. The number of methoxy groups -OCH3 is 2. The van der Waals surface area contributed by atoms with E-state index in [0.717, 1.165) is 19.4 Å². The number of aliphatic hydroxyl groups is 1. The molecule has 0 amide bonds. The minimum Gasteiger partial charge on any atom is -0.481 e. The fraction of sp³-hybridized carbons (Fsp3) is 0.500. The van der Waals surface area contributed by atoms with Gasteiger partial charge in [-0.25, -0.2) is 4.98 Å². The molecule has 4 rings (SSSR count). The van der Waals surface area contributed by atoms with Crippen molar-refractivity contribution in [3.8, 4) is 11.9 Å². The highest BCUT2D eigenvalue weighted by Gasteiger charge is 2.49. The number of piperidine rings is 1. The number of aromatic nitrogens is 2. The summed E-state index contributed by atoms with van der Waals surface area (Å²) in [5.41, 5.74) is 1.02. The highest BCUT2D eigenvalue weighted by atomic mass is 16.5. The maximum Gasteiger partial charge on any atom is 0.319 e. The van der Waals surface area contributed by atoms with Crippen LogP contribution in [0.25, 0.3) is 0 Å². The first kappa shape index (κ1) is 17.2. The van der Waals surface area contributed by atoms with E-state index in [1.807, 2.05) is 6.07 Å². The van der Waals surface area contributed by atoms with Crippen LogP contribution in [0.15, 0.2) is 36.5 Å². The fourth-order valence-corrected chi connectivity index (χ4v) is 4.51. The zero-order valence-corrected chi connectivity index (χ0v) is 15.3. The molecule has 2 bridgehead atoms. The predicted octanol–water partition coefficient (Wildman–Crippen LogP) is 2.51. The molecule has 26 heavy (non-hydrogen) atoms. The molecule has 1 N–H and O–H groups in total. The molecule has 6 nitrogen and oxygen atoms in total. The van der Waals surface area contributed by atoms with Crippen molar-refractivity contribution in [2.75, 3.05) is 14.2 Å². The van der Waals surface area contributed by atoms with Crippen LogP contribution < -0.4 is 9.47 Å². The van der Waals surface area contributed by atoms with Gasteiger partial charge in [-0.15, -0.1) is 0 Å². The van der Waals surface area contributed by atoms with Crippen molar-refractivity contribution < 1.29 is 14.6 Å². The van der Waals surface area contributed by atoms with Crippen LogP contribution in [0.1, 0.15) is 36.8 Å². The van der Waals surface area contributed by atoms with Gasteiger partial charge in [0.15, 0.2) is 0 Å². The molecule has 0 spiro atoms. The number of benzene rings is 1. The molecule has 2 unspecified atom stereocenters. The average Bonchev–Trinajstić information content (AvgIpc) is 2.92. The summed E-state index contributed by atoms with van der Waals surface area (Å²) in [6.07, 6.45) is 5.21. The lowest BCUT2D eigenvalue weighted by atomic mass is 9.81. The summed E-state index contributed by atoms with van der Waals surface area (Å²) in [5, 5.41) is 11.5. The molecule has 3 heterocycles. The fourth-order valence-electron chi connectivity index (χ4n) is 4.51. The highest BCUT2D eigenvalue weighted by Crippen LogP contribution is 2.48. The first-order valence-corrected chi connectivity index (χ1v) is 9.10. The van der Waals surface area contributed by atoms with Crippen LogP contribution in [0.4, 0.5) is 0 Å². The second-order valence-electron chi connectivity index (χ2n) is 7.26. The zero-order valence-electron chi connectivity index (χ0n) is 15.3. The second kappa shape index (κ2) is 6.85. The van der Waals surface area contributed by atoms with Crippen LogP contribution in [0.2, 0.25) is 0 Å². The van der Waals surface area contributed by atoms with Crippen LogP contribution in [0.5, 0.6) is 11.9 Å². The third-order valence-electron chi connectivity index (χ3n) is 5.73. The van der Waals surface area contributed by atoms with Crippen molar-refractivity contribution in [2.45, 2.75) is 49.9 Å². The Morgan fingerprint density at radius 3 is 2.42 bits per heavy atom. The van der Waals surface area contributed by atoms with Crippen LogP contribution in [0, 0.1) is 0 Å². The Balaban J connectivity index is 1.58. The summed E-state index contributed by atoms with van der Waals surface area (Å²) in [4.78, 5) is 11.0. The molecule has 2 aliphatic rings. The largest absolute Gasteiger partial charge is 0.481 e. The standard InChI is InChI=1S/C20H25N3O3/c1-25-18-17(12-21-19(22-18)26-2)20(24)10-15-8-9-16(11-20)23(15)13-14-6-4-3-5-7-14/h3-7,12,15-16,24H,8-11,13H2,1-2H3. The van der Waals surface area contributed by atoms with E-state index >= 15 is 0 Å². The molecule has 0 saturated carbocycles. The summed E-state index contributed by atoms with van der Waals surface area (Å²) < 4.78 is 10.5. The van der Waals surface area contributed by atoms with Crippen LogP contribution >= 0.6 is 0 Å². The van der Waals surface area contributed by atoms with Gasteiger partial charge in [-0.3, -0.25) is 4.90 Å². The molecule has 2 fully saturated rings. The summed E-state index contributed by atoms with van der Waals surface area (Å²) in [6.45, 7) is 0.933. The van der Waals surface area contributed by atoms with Gasteiger partial charge in [0.2, 0.25) is 5.88 Å². The van der Waals surface area contributed by atoms with E-state index in [4.69, 9.17) is 9.47 Å². The highest BCUT2D eigenvalue weighted by molar-refractivity contribution is 5.33. The van der Waals surface area contributed by atoms with E-state index in [9.17, 15) is 5.11 Å². The number of fused-ring (bicyclic) bond motifs is 2. The van der Waals surface area contributed by atoms with Crippen LogP contribution in [0.3, 0.4) is 0 Å². The molecule has 1 aromatic heterocycles. The Morgan fingerprint density at radius 1 is 1.12 bits per heavy atom. The quantitative estimate of drug-likeness (QED) is 0.889. The monoisotopic (exact) mass is 355 g/mol. The number of hydrogen-bond acceptors (Lipinski definition) is 6. The van der Waals surface area contributed by atoms with Gasteiger partial charge in [0.05, 0.1) is 25.4 Å². The van der Waals surface area contributed by atoms with E-state index in [0.29, 0.717) is 36.4 Å². The van der Waals surface area contributed by atoms with Gasteiger partial charge in [-0.05, 0) is 31.2 Å². The SMILES string of the molecule is COc1ncc(C2(O)CC3CCC(C2)N3Cc2ccccc2)c(OC)n1. The number of ether oxygens (including phenoxy) is 2. The Morgan fingerprint density at radius 2 is 1.81 bits per heavy atom. The molecule has 2 aromatic rings. The molecule has 2 aliphatic heterocycles. The Hall–Kier alpha value is -2.18. The molecule has 2 atom stereocenters. The van der Waals surface area contributed by atoms with Gasteiger partial charge < -0.3 is 14.6 Å². The van der Waals surface area contributed by atoms with Crippen molar-refractivity contribution in [1.29, 1.82) is 0 Å². The summed E-state index contributed by atoms with van der Waals surface area (Å²) >= 11 is 0. The van der Waals surface area contributed by atoms with Crippen molar-refractivity contribution in [3.05, 3.63) is 47.7 Å². The zero-order chi connectivity index (χ0) is 18.1. The first-order valence-electron chi connectivity index (χ1n) is 9.10. The van der Waals surface area contributed by atoms with E-state index in [2.05, 4.69) is 39.1 Å². The van der Waals surface area contributed by atoms with Crippen molar-refractivity contribution in [3.63, 3.8) is 0 Å². The van der Waals surface area contributed by atoms with E-state index in [-0.39, 0.29) is 6.01 Å². The Kier molecular flexibility index (Phi) is 4.54. The minimum absolute atomic E-state index is 0.249. The third kappa shape index (κ3) is 3.04. The second-order valence-corrected chi connectivity index (χ2v) is 7.26. The van der Waals surface area contributed by atoms with E-state index in [1.165, 1.54) is 12.7 Å². The molecule has 6 heteroatoms. The Labute approximate surface area is 153 Å². The number of nitrogens with zero attached hydrogens (tertiary/aromatic N) is 3. The smallest absolute Gasteiger partial charge is 0.319 e. The lowest BCUT2D eigenvalue weighted by Crippen LogP contribution is -2.49. The van der Waals surface area contributed by atoms with Crippen molar-refractivity contribution in [2.24, 2.45) is 0 Å². The summed E-state index contributed by atoms with van der Waals surface area (Å²) in [6, 6.07) is 11.5. The molecule has 1 aromatic carbocycles. The maximum absolute atomic E-state index is 11.5. The molecular formula is C20H25N3O3. The van der Waals surface area contributed by atoms with E-state index < -0.39 is 5.60 Å². The molecule has 2 saturated heterocycles. The predicted molar refractivity (Wildman–Crippen MR) is 97.1 cm³/mol. The van der Waals surface area contributed by atoms with Gasteiger partial charge in [-0.2, -0.15) is 4.98 Å². The third-order valence-corrected chi connectivity index (χ3v) is 5.73. The summed E-state index contributed by atoms with van der Waals surface area (Å²) in [7, 11) is 3.08. The minimum atomic E-state index is -0.962. The van der Waals surface area contributed by atoms with Gasteiger partial charge >= 0.3 is 6.01 Å². The van der Waals surface area contributed by atoms with Crippen LogP contribution in [-0.2, 0) is 12.1 Å². The topological polar surface area (TPSA) is 67.7 Å². The van der Waals surface area contributed by atoms with Gasteiger partial charge in [-0.1, -0.05) is 30.3 Å².